The SMILES string of the molecule is CCCOc1cccnc1N1CCN(CC(C)(C)O)CC1. The van der Waals surface area contributed by atoms with Crippen LogP contribution >= 0.6 is 0 Å². The predicted octanol–water partition coefficient (Wildman–Crippen LogP) is 1.76. The second-order valence-electron chi connectivity index (χ2n) is 6.25. The number of aliphatic hydroxyl groups is 1. The molecule has 5 nitrogen and oxygen atoms in total. The van der Waals surface area contributed by atoms with Crippen LogP contribution in [0.15, 0.2) is 18.3 Å². The van der Waals surface area contributed by atoms with Crippen LogP contribution in [-0.2, 0) is 0 Å². The Morgan fingerprint density at radius 2 is 2.00 bits per heavy atom. The van der Waals surface area contributed by atoms with Crippen molar-refractivity contribution in [1.29, 1.82) is 0 Å². The summed E-state index contributed by atoms with van der Waals surface area (Å²) in [6, 6.07) is 3.90. The maximum absolute atomic E-state index is 9.91. The molecule has 1 aromatic rings. The highest BCUT2D eigenvalue weighted by Gasteiger charge is 2.24. The van der Waals surface area contributed by atoms with E-state index in [0.29, 0.717) is 6.54 Å². The Morgan fingerprint density at radius 3 is 2.62 bits per heavy atom. The van der Waals surface area contributed by atoms with Crippen LogP contribution in [-0.4, -0.2) is 59.9 Å². The molecule has 1 aromatic heterocycles. The minimum Gasteiger partial charge on any atom is -0.490 e. The normalized spacial score (nSPS) is 17.0. The Labute approximate surface area is 127 Å². The zero-order chi connectivity index (χ0) is 15.3. The van der Waals surface area contributed by atoms with Crippen LogP contribution in [0.25, 0.3) is 0 Å². The van der Waals surface area contributed by atoms with Crippen molar-refractivity contribution in [3.05, 3.63) is 18.3 Å². The van der Waals surface area contributed by atoms with Gasteiger partial charge in [-0.3, -0.25) is 4.90 Å². The van der Waals surface area contributed by atoms with Gasteiger partial charge in [-0.1, -0.05) is 6.92 Å². The minimum atomic E-state index is -0.636. The van der Waals surface area contributed by atoms with Crippen LogP contribution in [0.2, 0.25) is 0 Å². The number of β-amino-alcohol motifs (C(OH)–C–C–N with tert-alkyl or cyclic N) is 1. The van der Waals surface area contributed by atoms with E-state index in [2.05, 4.69) is 21.7 Å². The van der Waals surface area contributed by atoms with Gasteiger partial charge in [0.2, 0.25) is 0 Å². The molecular weight excluding hydrogens is 266 g/mol. The van der Waals surface area contributed by atoms with Crippen molar-refractivity contribution < 1.29 is 9.84 Å². The number of pyridine rings is 1. The number of hydrogen-bond donors (Lipinski definition) is 1. The monoisotopic (exact) mass is 293 g/mol. The molecule has 2 rings (SSSR count). The van der Waals surface area contributed by atoms with Crippen molar-refractivity contribution in [2.45, 2.75) is 32.8 Å². The van der Waals surface area contributed by atoms with Crippen LogP contribution < -0.4 is 9.64 Å². The summed E-state index contributed by atoms with van der Waals surface area (Å²) >= 11 is 0. The Hall–Kier alpha value is -1.33. The number of rotatable bonds is 6. The Kier molecular flexibility index (Phi) is 5.42. The molecule has 0 spiro atoms. The fourth-order valence-electron chi connectivity index (χ4n) is 2.61. The quantitative estimate of drug-likeness (QED) is 0.866. The van der Waals surface area contributed by atoms with Crippen LogP contribution in [0.5, 0.6) is 5.75 Å². The Bertz CT molecular complexity index is 437. The lowest BCUT2D eigenvalue weighted by Gasteiger charge is -2.38. The van der Waals surface area contributed by atoms with Gasteiger partial charge in [-0.25, -0.2) is 4.98 Å². The van der Waals surface area contributed by atoms with Gasteiger partial charge < -0.3 is 14.7 Å². The van der Waals surface area contributed by atoms with E-state index in [1.807, 2.05) is 32.2 Å². The van der Waals surface area contributed by atoms with Gasteiger partial charge in [0, 0.05) is 38.9 Å². The average molecular weight is 293 g/mol. The summed E-state index contributed by atoms with van der Waals surface area (Å²) in [6.45, 7) is 10.9. The molecule has 118 valence electrons. The number of aromatic nitrogens is 1. The van der Waals surface area contributed by atoms with Gasteiger partial charge in [0.15, 0.2) is 11.6 Å². The highest BCUT2D eigenvalue weighted by Crippen LogP contribution is 2.26. The van der Waals surface area contributed by atoms with Crippen LogP contribution in [0.1, 0.15) is 27.2 Å². The summed E-state index contributed by atoms with van der Waals surface area (Å²) in [5.74, 6) is 1.81. The minimum absolute atomic E-state index is 0.636. The molecule has 0 aliphatic carbocycles. The van der Waals surface area contributed by atoms with Crippen molar-refractivity contribution in [3.63, 3.8) is 0 Å². The maximum Gasteiger partial charge on any atom is 0.171 e. The number of hydrogen-bond acceptors (Lipinski definition) is 5. The zero-order valence-corrected chi connectivity index (χ0v) is 13.4. The first-order valence-electron chi connectivity index (χ1n) is 7.77. The van der Waals surface area contributed by atoms with Crippen molar-refractivity contribution in [3.8, 4) is 5.75 Å². The van der Waals surface area contributed by atoms with E-state index in [4.69, 9.17) is 4.74 Å². The molecule has 1 saturated heterocycles. The second-order valence-corrected chi connectivity index (χ2v) is 6.25. The molecule has 0 unspecified atom stereocenters. The van der Waals surface area contributed by atoms with Gasteiger partial charge in [0.1, 0.15) is 0 Å². The molecule has 5 heteroatoms. The van der Waals surface area contributed by atoms with Crippen LogP contribution in [0.4, 0.5) is 5.82 Å². The lowest BCUT2D eigenvalue weighted by Crippen LogP contribution is -2.50. The number of piperazine rings is 1. The van der Waals surface area contributed by atoms with E-state index in [1.165, 1.54) is 0 Å². The molecule has 21 heavy (non-hydrogen) atoms. The third-order valence-electron chi connectivity index (χ3n) is 3.49. The first-order chi connectivity index (χ1) is 9.99. The fourth-order valence-corrected chi connectivity index (χ4v) is 2.61. The maximum atomic E-state index is 9.91. The molecule has 1 aliphatic rings. The molecule has 2 heterocycles. The van der Waals surface area contributed by atoms with E-state index in [1.54, 1.807) is 0 Å². The van der Waals surface area contributed by atoms with Gasteiger partial charge >= 0.3 is 0 Å². The molecule has 0 atom stereocenters. The summed E-state index contributed by atoms with van der Waals surface area (Å²) in [6.07, 6.45) is 2.81. The summed E-state index contributed by atoms with van der Waals surface area (Å²) < 4.78 is 5.79. The highest BCUT2D eigenvalue weighted by atomic mass is 16.5. The lowest BCUT2D eigenvalue weighted by atomic mass is 10.1. The number of ether oxygens (including phenoxy) is 1. The second kappa shape index (κ2) is 7.09. The molecular formula is C16H27N3O2. The molecule has 0 bridgehead atoms. The van der Waals surface area contributed by atoms with Crippen molar-refractivity contribution >= 4 is 5.82 Å². The first kappa shape index (κ1) is 16.0. The standard InChI is InChI=1S/C16H27N3O2/c1-4-12-21-14-6-5-7-17-15(14)19-10-8-18(9-11-19)13-16(2,3)20/h5-7,20H,4,8-13H2,1-3H3. The third-order valence-corrected chi connectivity index (χ3v) is 3.49. The predicted molar refractivity (Wildman–Crippen MR) is 85.0 cm³/mol. The van der Waals surface area contributed by atoms with Gasteiger partial charge in [0.25, 0.3) is 0 Å². The highest BCUT2D eigenvalue weighted by molar-refractivity contribution is 5.52. The fraction of sp³-hybridized carbons (Fsp3) is 0.688. The van der Waals surface area contributed by atoms with Crippen molar-refractivity contribution in [1.82, 2.24) is 9.88 Å². The topological polar surface area (TPSA) is 48.8 Å². The number of nitrogens with zero attached hydrogens (tertiary/aromatic N) is 3. The molecule has 1 N–H and O–H groups in total. The van der Waals surface area contributed by atoms with Gasteiger partial charge in [-0.05, 0) is 32.4 Å². The van der Waals surface area contributed by atoms with Crippen molar-refractivity contribution in [2.75, 3.05) is 44.2 Å². The van der Waals surface area contributed by atoms with E-state index in [9.17, 15) is 5.11 Å². The first-order valence-corrected chi connectivity index (χ1v) is 7.77. The summed E-state index contributed by atoms with van der Waals surface area (Å²) in [4.78, 5) is 9.06. The zero-order valence-electron chi connectivity index (χ0n) is 13.4. The van der Waals surface area contributed by atoms with Gasteiger partial charge in [-0.15, -0.1) is 0 Å². The van der Waals surface area contributed by atoms with Crippen LogP contribution in [0.3, 0.4) is 0 Å². The Balaban J connectivity index is 1.96. The molecule has 0 amide bonds. The average Bonchev–Trinajstić information content (AvgIpc) is 2.45. The van der Waals surface area contributed by atoms with Gasteiger partial charge in [0.05, 0.1) is 12.2 Å². The molecule has 1 fully saturated rings. The molecule has 0 radical (unpaired) electrons. The van der Waals surface area contributed by atoms with Crippen LogP contribution in [0, 0.1) is 0 Å². The number of anilines is 1. The largest absolute Gasteiger partial charge is 0.490 e. The lowest BCUT2D eigenvalue weighted by molar-refractivity contribution is 0.0344. The van der Waals surface area contributed by atoms with E-state index >= 15 is 0 Å². The molecule has 0 aromatic carbocycles. The van der Waals surface area contributed by atoms with E-state index in [0.717, 1.165) is 50.8 Å². The molecule has 1 aliphatic heterocycles. The van der Waals surface area contributed by atoms with Crippen molar-refractivity contribution in [2.24, 2.45) is 0 Å². The molecule has 0 saturated carbocycles. The summed E-state index contributed by atoms with van der Waals surface area (Å²) in [5, 5.41) is 9.91. The summed E-state index contributed by atoms with van der Waals surface area (Å²) in [7, 11) is 0. The smallest absolute Gasteiger partial charge is 0.171 e. The van der Waals surface area contributed by atoms with Gasteiger partial charge in [-0.2, -0.15) is 0 Å². The summed E-state index contributed by atoms with van der Waals surface area (Å²) in [5.41, 5.74) is -0.636. The van der Waals surface area contributed by atoms with E-state index < -0.39 is 5.60 Å². The Morgan fingerprint density at radius 1 is 1.29 bits per heavy atom. The third kappa shape index (κ3) is 4.86. The van der Waals surface area contributed by atoms with E-state index in [-0.39, 0.29) is 0 Å².